The summed E-state index contributed by atoms with van der Waals surface area (Å²) in [5.74, 6) is -0.370. The SMILES string of the molecule is CC(C)NC(=O)C(C)(C)C(=O)NC1CCCC1. The van der Waals surface area contributed by atoms with Gasteiger partial charge in [-0.05, 0) is 40.5 Å². The van der Waals surface area contributed by atoms with E-state index < -0.39 is 5.41 Å². The number of hydrogen-bond donors (Lipinski definition) is 2. The van der Waals surface area contributed by atoms with Gasteiger partial charge in [0.05, 0.1) is 0 Å². The fraction of sp³-hybridized carbons (Fsp3) is 0.846. The van der Waals surface area contributed by atoms with Crippen LogP contribution in [0.25, 0.3) is 0 Å². The largest absolute Gasteiger partial charge is 0.353 e. The first-order chi connectivity index (χ1) is 7.84. The highest BCUT2D eigenvalue weighted by molar-refractivity contribution is 6.04. The minimum Gasteiger partial charge on any atom is -0.353 e. The van der Waals surface area contributed by atoms with Gasteiger partial charge in [-0.2, -0.15) is 0 Å². The van der Waals surface area contributed by atoms with E-state index in [1.54, 1.807) is 13.8 Å². The molecule has 2 N–H and O–H groups in total. The molecule has 0 heterocycles. The van der Waals surface area contributed by atoms with Gasteiger partial charge in [0.1, 0.15) is 5.41 Å². The molecule has 4 nitrogen and oxygen atoms in total. The third kappa shape index (κ3) is 3.72. The van der Waals surface area contributed by atoms with Crippen LogP contribution in [0.4, 0.5) is 0 Å². The van der Waals surface area contributed by atoms with Gasteiger partial charge in [-0.1, -0.05) is 12.8 Å². The van der Waals surface area contributed by atoms with E-state index >= 15 is 0 Å². The topological polar surface area (TPSA) is 58.2 Å². The molecule has 0 radical (unpaired) electrons. The molecule has 1 rings (SSSR count). The molecule has 17 heavy (non-hydrogen) atoms. The zero-order valence-corrected chi connectivity index (χ0v) is 11.3. The molecule has 0 aromatic rings. The van der Waals surface area contributed by atoms with Crippen LogP contribution < -0.4 is 10.6 Å². The highest BCUT2D eigenvalue weighted by atomic mass is 16.2. The van der Waals surface area contributed by atoms with Crippen LogP contribution in [0.2, 0.25) is 0 Å². The molecule has 0 aliphatic heterocycles. The Labute approximate surface area is 104 Å². The van der Waals surface area contributed by atoms with E-state index in [0.717, 1.165) is 12.8 Å². The Hall–Kier alpha value is -1.06. The van der Waals surface area contributed by atoms with E-state index in [4.69, 9.17) is 0 Å². The fourth-order valence-electron chi connectivity index (χ4n) is 1.98. The molecule has 4 heteroatoms. The van der Waals surface area contributed by atoms with E-state index in [2.05, 4.69) is 10.6 Å². The summed E-state index contributed by atoms with van der Waals surface area (Å²) >= 11 is 0. The molecule has 0 atom stereocenters. The van der Waals surface area contributed by atoms with Gasteiger partial charge in [0.15, 0.2) is 0 Å². The summed E-state index contributed by atoms with van der Waals surface area (Å²) in [5.41, 5.74) is -0.993. The average molecular weight is 240 g/mol. The molecule has 0 aromatic heterocycles. The van der Waals surface area contributed by atoms with Crippen molar-refractivity contribution in [3.8, 4) is 0 Å². The van der Waals surface area contributed by atoms with Crippen molar-refractivity contribution in [1.82, 2.24) is 10.6 Å². The smallest absolute Gasteiger partial charge is 0.235 e. The second-order valence-corrected chi connectivity index (χ2v) is 5.71. The number of rotatable bonds is 4. The van der Waals surface area contributed by atoms with E-state index in [9.17, 15) is 9.59 Å². The Morgan fingerprint density at radius 3 is 2.12 bits per heavy atom. The Morgan fingerprint density at radius 2 is 1.65 bits per heavy atom. The molecule has 0 unspecified atom stereocenters. The van der Waals surface area contributed by atoms with Crippen molar-refractivity contribution in [3.05, 3.63) is 0 Å². The van der Waals surface area contributed by atoms with Crippen LogP contribution in [0.5, 0.6) is 0 Å². The monoisotopic (exact) mass is 240 g/mol. The molecule has 0 spiro atoms. The van der Waals surface area contributed by atoms with Crippen molar-refractivity contribution in [1.29, 1.82) is 0 Å². The van der Waals surface area contributed by atoms with Crippen molar-refractivity contribution in [2.45, 2.75) is 65.5 Å². The lowest BCUT2D eigenvalue weighted by Gasteiger charge is -2.25. The predicted octanol–water partition coefficient (Wildman–Crippen LogP) is 1.60. The van der Waals surface area contributed by atoms with E-state index in [-0.39, 0.29) is 23.9 Å². The maximum Gasteiger partial charge on any atom is 0.235 e. The maximum absolute atomic E-state index is 12.1. The van der Waals surface area contributed by atoms with Crippen LogP contribution in [0.1, 0.15) is 53.4 Å². The standard InChI is InChI=1S/C13H24N2O2/c1-9(2)14-11(16)13(3,4)12(17)15-10-7-5-6-8-10/h9-10H,5-8H2,1-4H3,(H,14,16)(H,15,17). The van der Waals surface area contributed by atoms with Crippen LogP contribution in [0.3, 0.4) is 0 Å². The molecule has 1 saturated carbocycles. The van der Waals surface area contributed by atoms with Gasteiger partial charge in [0.2, 0.25) is 11.8 Å². The Bertz CT molecular complexity index is 292. The van der Waals surface area contributed by atoms with Gasteiger partial charge in [-0.25, -0.2) is 0 Å². The molecule has 0 aromatic carbocycles. The number of hydrogen-bond acceptors (Lipinski definition) is 2. The molecule has 98 valence electrons. The van der Waals surface area contributed by atoms with Crippen LogP contribution in [0.15, 0.2) is 0 Å². The third-order valence-corrected chi connectivity index (χ3v) is 3.25. The van der Waals surface area contributed by atoms with Gasteiger partial charge in [0.25, 0.3) is 0 Å². The van der Waals surface area contributed by atoms with Crippen molar-refractivity contribution < 1.29 is 9.59 Å². The van der Waals surface area contributed by atoms with Gasteiger partial charge < -0.3 is 10.6 Å². The highest BCUT2D eigenvalue weighted by Crippen LogP contribution is 2.21. The van der Waals surface area contributed by atoms with Crippen LogP contribution in [0, 0.1) is 5.41 Å². The molecule has 1 fully saturated rings. The minimum atomic E-state index is -0.993. The summed E-state index contributed by atoms with van der Waals surface area (Å²) in [6, 6.07) is 0.315. The van der Waals surface area contributed by atoms with Crippen molar-refractivity contribution in [2.75, 3.05) is 0 Å². The number of carbonyl (C=O) groups excluding carboxylic acids is 2. The molecular formula is C13H24N2O2. The summed E-state index contributed by atoms with van der Waals surface area (Å²) < 4.78 is 0. The van der Waals surface area contributed by atoms with E-state index in [1.807, 2.05) is 13.8 Å². The zero-order chi connectivity index (χ0) is 13.1. The van der Waals surface area contributed by atoms with Crippen LogP contribution >= 0.6 is 0 Å². The third-order valence-electron chi connectivity index (χ3n) is 3.25. The normalized spacial score (nSPS) is 17.2. The second kappa shape index (κ2) is 5.52. The summed E-state index contributed by atoms with van der Waals surface area (Å²) in [4.78, 5) is 24.0. The molecule has 2 amide bonds. The average Bonchev–Trinajstić information content (AvgIpc) is 2.69. The second-order valence-electron chi connectivity index (χ2n) is 5.71. The number of carbonyl (C=O) groups is 2. The van der Waals surface area contributed by atoms with Gasteiger partial charge >= 0.3 is 0 Å². The van der Waals surface area contributed by atoms with Gasteiger partial charge in [-0.15, -0.1) is 0 Å². The molecule has 0 bridgehead atoms. The molecule has 1 aliphatic carbocycles. The Balaban J connectivity index is 2.55. The summed E-state index contributed by atoms with van der Waals surface area (Å²) in [6.07, 6.45) is 4.41. The van der Waals surface area contributed by atoms with Crippen molar-refractivity contribution in [2.24, 2.45) is 5.41 Å². The maximum atomic E-state index is 12.1. The lowest BCUT2D eigenvalue weighted by atomic mass is 9.90. The van der Waals surface area contributed by atoms with Crippen LogP contribution in [-0.4, -0.2) is 23.9 Å². The zero-order valence-electron chi connectivity index (χ0n) is 11.3. The first kappa shape index (κ1) is 14.0. The number of nitrogens with one attached hydrogen (secondary N) is 2. The number of amides is 2. The van der Waals surface area contributed by atoms with Crippen molar-refractivity contribution in [3.63, 3.8) is 0 Å². The summed E-state index contributed by atoms with van der Waals surface area (Å²) in [5, 5.41) is 5.76. The minimum absolute atomic E-state index is 0.0565. The summed E-state index contributed by atoms with van der Waals surface area (Å²) in [6.45, 7) is 7.13. The lowest BCUT2D eigenvalue weighted by Crippen LogP contribution is -2.51. The Kier molecular flexibility index (Phi) is 4.54. The summed E-state index contributed by atoms with van der Waals surface area (Å²) in [7, 11) is 0. The van der Waals surface area contributed by atoms with Gasteiger partial charge in [-0.3, -0.25) is 9.59 Å². The van der Waals surface area contributed by atoms with Gasteiger partial charge in [0, 0.05) is 12.1 Å². The van der Waals surface area contributed by atoms with Crippen molar-refractivity contribution >= 4 is 11.8 Å². The van der Waals surface area contributed by atoms with E-state index in [1.165, 1.54) is 12.8 Å². The quantitative estimate of drug-likeness (QED) is 0.733. The molecule has 0 saturated heterocycles. The first-order valence-electron chi connectivity index (χ1n) is 6.46. The Morgan fingerprint density at radius 1 is 1.12 bits per heavy atom. The lowest BCUT2D eigenvalue weighted by molar-refractivity contribution is -0.142. The van der Waals surface area contributed by atoms with E-state index in [0.29, 0.717) is 0 Å². The fourth-order valence-corrected chi connectivity index (χ4v) is 1.98. The molecular weight excluding hydrogens is 216 g/mol. The molecule has 1 aliphatic rings. The predicted molar refractivity (Wildman–Crippen MR) is 67.5 cm³/mol. The first-order valence-corrected chi connectivity index (χ1v) is 6.46. The highest BCUT2D eigenvalue weighted by Gasteiger charge is 2.37. The van der Waals surface area contributed by atoms with Crippen LogP contribution in [-0.2, 0) is 9.59 Å².